The first-order valence-electron chi connectivity index (χ1n) is 6.71. The van der Waals surface area contributed by atoms with Gasteiger partial charge in [0, 0.05) is 5.56 Å². The fourth-order valence-corrected chi connectivity index (χ4v) is 2.68. The number of para-hydroxylation sites is 1. The number of rotatable bonds is 3. The quantitative estimate of drug-likeness (QED) is 0.822. The predicted molar refractivity (Wildman–Crippen MR) is 73.7 cm³/mol. The number of hydrogen-bond donors (Lipinski definition) is 1. The van der Waals surface area contributed by atoms with Gasteiger partial charge in [-0.3, -0.25) is 0 Å². The molecule has 2 heteroatoms. The third kappa shape index (κ3) is 2.59. The summed E-state index contributed by atoms with van der Waals surface area (Å²) in [5.74, 6) is 0.757. The van der Waals surface area contributed by atoms with Crippen molar-refractivity contribution >= 4 is 0 Å². The van der Waals surface area contributed by atoms with Gasteiger partial charge in [0.15, 0.2) is 0 Å². The number of hydrogen-bond acceptors (Lipinski definition) is 2. The van der Waals surface area contributed by atoms with Gasteiger partial charge < -0.3 is 9.84 Å². The Balaban J connectivity index is 2.37. The van der Waals surface area contributed by atoms with Gasteiger partial charge in [-0.1, -0.05) is 30.7 Å². The van der Waals surface area contributed by atoms with Crippen molar-refractivity contribution < 1.29 is 9.84 Å². The lowest BCUT2D eigenvalue weighted by molar-refractivity contribution is 0.0901. The first-order chi connectivity index (χ1) is 8.66. The Morgan fingerprint density at radius 2 is 1.94 bits per heavy atom. The van der Waals surface area contributed by atoms with E-state index < -0.39 is 5.60 Å². The Morgan fingerprint density at radius 3 is 2.72 bits per heavy atom. The molecule has 1 aromatic carbocycles. The lowest BCUT2D eigenvalue weighted by Gasteiger charge is -2.28. The fraction of sp³-hybridized carbons (Fsp3) is 0.500. The van der Waals surface area contributed by atoms with Crippen LogP contribution < -0.4 is 4.74 Å². The van der Waals surface area contributed by atoms with Gasteiger partial charge >= 0.3 is 0 Å². The van der Waals surface area contributed by atoms with Crippen molar-refractivity contribution in [1.82, 2.24) is 0 Å². The minimum Gasteiger partial charge on any atom is -0.496 e. The van der Waals surface area contributed by atoms with Crippen LogP contribution in [0, 0.1) is 0 Å². The van der Waals surface area contributed by atoms with E-state index in [0.29, 0.717) is 0 Å². The van der Waals surface area contributed by atoms with Crippen molar-refractivity contribution in [3.8, 4) is 5.75 Å². The van der Waals surface area contributed by atoms with E-state index in [0.717, 1.165) is 36.1 Å². The Morgan fingerprint density at radius 1 is 1.17 bits per heavy atom. The van der Waals surface area contributed by atoms with E-state index in [1.807, 2.05) is 31.2 Å². The molecule has 0 saturated heterocycles. The molecule has 1 unspecified atom stereocenters. The molecule has 1 N–H and O–H groups in total. The highest BCUT2D eigenvalue weighted by Crippen LogP contribution is 2.38. The summed E-state index contributed by atoms with van der Waals surface area (Å²) in [6.07, 6.45) is 7.90. The van der Waals surface area contributed by atoms with Crippen LogP contribution in [0.15, 0.2) is 35.9 Å². The van der Waals surface area contributed by atoms with Crippen LogP contribution >= 0.6 is 0 Å². The van der Waals surface area contributed by atoms with Crippen molar-refractivity contribution in [1.29, 1.82) is 0 Å². The van der Waals surface area contributed by atoms with Crippen LogP contribution in [0.2, 0.25) is 0 Å². The molecular weight excluding hydrogens is 224 g/mol. The van der Waals surface area contributed by atoms with Gasteiger partial charge in [-0.05, 0) is 44.2 Å². The van der Waals surface area contributed by atoms with Crippen LogP contribution in [0.5, 0.6) is 5.75 Å². The molecule has 1 atom stereocenters. The monoisotopic (exact) mass is 246 g/mol. The second kappa shape index (κ2) is 5.57. The first-order valence-corrected chi connectivity index (χ1v) is 6.71. The standard InChI is InChI=1S/C16H22O2/c1-16(17,13-9-5-3-4-6-10-13)14-11-7-8-12-15(14)18-2/h7-9,11-12,17H,3-6,10H2,1-2H3. The van der Waals surface area contributed by atoms with E-state index in [4.69, 9.17) is 4.74 Å². The van der Waals surface area contributed by atoms with E-state index in [9.17, 15) is 5.11 Å². The van der Waals surface area contributed by atoms with Crippen molar-refractivity contribution in [2.45, 2.75) is 44.6 Å². The average Bonchev–Trinajstić information content (AvgIpc) is 2.68. The van der Waals surface area contributed by atoms with E-state index in [1.165, 1.54) is 12.8 Å². The molecule has 0 radical (unpaired) electrons. The number of allylic oxidation sites excluding steroid dienone is 1. The first kappa shape index (κ1) is 13.2. The van der Waals surface area contributed by atoms with Gasteiger partial charge in [-0.15, -0.1) is 0 Å². The molecular formula is C16H22O2. The molecule has 0 fully saturated rings. The van der Waals surface area contributed by atoms with Crippen LogP contribution in [0.4, 0.5) is 0 Å². The minimum atomic E-state index is -0.920. The average molecular weight is 246 g/mol. The molecule has 0 saturated carbocycles. The van der Waals surface area contributed by atoms with E-state index in [-0.39, 0.29) is 0 Å². The molecule has 18 heavy (non-hydrogen) atoms. The molecule has 0 aliphatic heterocycles. The third-order valence-electron chi connectivity index (χ3n) is 3.80. The van der Waals surface area contributed by atoms with Crippen molar-refractivity contribution in [3.05, 3.63) is 41.5 Å². The molecule has 1 aromatic rings. The normalized spacial score (nSPS) is 19.6. The maximum Gasteiger partial charge on any atom is 0.125 e. The zero-order valence-electron chi connectivity index (χ0n) is 11.3. The highest BCUT2D eigenvalue weighted by Gasteiger charge is 2.30. The Kier molecular flexibility index (Phi) is 4.07. The molecule has 1 aliphatic rings. The molecule has 2 nitrogen and oxygen atoms in total. The Bertz CT molecular complexity index is 432. The van der Waals surface area contributed by atoms with Crippen LogP contribution in [0.3, 0.4) is 0 Å². The fourth-order valence-electron chi connectivity index (χ4n) is 2.68. The zero-order valence-corrected chi connectivity index (χ0v) is 11.3. The summed E-state index contributed by atoms with van der Waals surface area (Å²) in [7, 11) is 1.65. The van der Waals surface area contributed by atoms with E-state index >= 15 is 0 Å². The zero-order chi connectivity index (χ0) is 13.0. The molecule has 0 aromatic heterocycles. The lowest BCUT2D eigenvalue weighted by Crippen LogP contribution is -2.25. The molecule has 0 spiro atoms. The van der Waals surface area contributed by atoms with Gasteiger partial charge in [0.1, 0.15) is 11.4 Å². The van der Waals surface area contributed by atoms with Crippen LogP contribution in [-0.4, -0.2) is 12.2 Å². The maximum atomic E-state index is 10.9. The van der Waals surface area contributed by atoms with Crippen molar-refractivity contribution in [2.75, 3.05) is 7.11 Å². The van der Waals surface area contributed by atoms with Gasteiger partial charge in [0.2, 0.25) is 0 Å². The number of methoxy groups -OCH3 is 1. The Hall–Kier alpha value is -1.28. The molecule has 0 heterocycles. The number of aliphatic hydroxyl groups is 1. The number of ether oxygens (including phenoxy) is 1. The lowest BCUT2D eigenvalue weighted by atomic mass is 9.85. The second-order valence-electron chi connectivity index (χ2n) is 5.10. The van der Waals surface area contributed by atoms with E-state index in [1.54, 1.807) is 7.11 Å². The molecule has 2 rings (SSSR count). The summed E-state index contributed by atoms with van der Waals surface area (Å²) in [6.45, 7) is 1.88. The second-order valence-corrected chi connectivity index (χ2v) is 5.10. The van der Waals surface area contributed by atoms with E-state index in [2.05, 4.69) is 6.08 Å². The highest BCUT2D eigenvalue weighted by atomic mass is 16.5. The molecule has 98 valence electrons. The van der Waals surface area contributed by atoms with Gasteiger partial charge in [0.05, 0.1) is 7.11 Å². The summed E-state index contributed by atoms with van der Waals surface area (Å²) in [5.41, 5.74) is 1.07. The highest BCUT2D eigenvalue weighted by molar-refractivity contribution is 5.42. The van der Waals surface area contributed by atoms with Crippen LogP contribution in [-0.2, 0) is 5.60 Å². The smallest absolute Gasteiger partial charge is 0.125 e. The van der Waals surface area contributed by atoms with Gasteiger partial charge in [-0.2, -0.15) is 0 Å². The van der Waals surface area contributed by atoms with Gasteiger partial charge in [0.25, 0.3) is 0 Å². The molecule has 0 bridgehead atoms. The van der Waals surface area contributed by atoms with Crippen LogP contribution in [0.25, 0.3) is 0 Å². The van der Waals surface area contributed by atoms with Crippen molar-refractivity contribution in [3.63, 3.8) is 0 Å². The molecule has 1 aliphatic carbocycles. The van der Waals surface area contributed by atoms with Crippen molar-refractivity contribution in [2.24, 2.45) is 0 Å². The van der Waals surface area contributed by atoms with Gasteiger partial charge in [-0.25, -0.2) is 0 Å². The Labute approximate surface area is 109 Å². The number of benzene rings is 1. The van der Waals surface area contributed by atoms with Crippen LogP contribution in [0.1, 0.15) is 44.6 Å². The maximum absolute atomic E-state index is 10.9. The topological polar surface area (TPSA) is 29.5 Å². The predicted octanol–water partition coefficient (Wildman–Crippen LogP) is 3.79. The summed E-state index contributed by atoms with van der Waals surface area (Å²) in [4.78, 5) is 0. The largest absolute Gasteiger partial charge is 0.496 e. The summed E-state index contributed by atoms with van der Waals surface area (Å²) < 4.78 is 5.37. The SMILES string of the molecule is COc1ccccc1C(C)(O)C1=CCCCCC1. The third-order valence-corrected chi connectivity index (χ3v) is 3.80. The summed E-state index contributed by atoms with van der Waals surface area (Å²) >= 11 is 0. The minimum absolute atomic E-state index is 0.757. The summed E-state index contributed by atoms with van der Waals surface area (Å²) in [6, 6.07) is 7.73. The molecule has 0 amide bonds. The summed E-state index contributed by atoms with van der Waals surface area (Å²) in [5, 5.41) is 10.9.